The number of nitrogens with one attached hydrogen (secondary N) is 2. The highest BCUT2D eigenvalue weighted by Crippen LogP contribution is 2.16. The van der Waals surface area contributed by atoms with E-state index in [4.69, 9.17) is 4.74 Å². The molecule has 0 atom stereocenters. The summed E-state index contributed by atoms with van der Waals surface area (Å²) in [7, 11) is 1.79. The first-order chi connectivity index (χ1) is 14.3. The zero-order valence-electron chi connectivity index (χ0n) is 17.4. The third-order valence-corrected chi connectivity index (χ3v) is 5.14. The lowest BCUT2D eigenvalue weighted by molar-refractivity contribution is 0.00534. The summed E-state index contributed by atoms with van der Waals surface area (Å²) in [6, 6.07) is 16.6. The Morgan fingerprint density at radius 1 is 1.10 bits per heavy atom. The van der Waals surface area contributed by atoms with Crippen molar-refractivity contribution in [2.75, 3.05) is 33.3 Å². The van der Waals surface area contributed by atoms with E-state index in [1.807, 2.05) is 18.2 Å². The van der Waals surface area contributed by atoms with Crippen LogP contribution in [0.25, 0.3) is 0 Å². The van der Waals surface area contributed by atoms with E-state index in [-0.39, 0.29) is 0 Å². The third kappa shape index (κ3) is 7.83. The Hall–Kier alpha value is -2.44. The minimum Gasteiger partial charge on any atom is -0.378 e. The molecule has 0 radical (unpaired) electrons. The van der Waals surface area contributed by atoms with Crippen LogP contribution in [0.5, 0.6) is 0 Å². The van der Waals surface area contributed by atoms with Crippen molar-refractivity contribution in [3.05, 3.63) is 66.0 Å². The van der Waals surface area contributed by atoms with Crippen LogP contribution in [0.3, 0.4) is 0 Å². The molecule has 0 saturated carbocycles. The second kappa shape index (κ2) is 12.2. The highest BCUT2D eigenvalue weighted by Gasteiger charge is 2.19. The van der Waals surface area contributed by atoms with Gasteiger partial charge in [0.1, 0.15) is 0 Å². The van der Waals surface area contributed by atoms with Crippen LogP contribution in [0.1, 0.15) is 30.5 Å². The second-order valence-electron chi connectivity index (χ2n) is 7.36. The number of pyridine rings is 1. The predicted octanol–water partition coefficient (Wildman–Crippen LogP) is 2.82. The van der Waals surface area contributed by atoms with Crippen LogP contribution in [-0.4, -0.2) is 55.2 Å². The summed E-state index contributed by atoms with van der Waals surface area (Å²) in [4.78, 5) is 11.1. The minimum atomic E-state index is 0.392. The lowest BCUT2D eigenvalue weighted by atomic mass is 10.1. The average molecular weight is 396 g/mol. The Kier molecular flexibility index (Phi) is 8.94. The minimum absolute atomic E-state index is 0.392. The van der Waals surface area contributed by atoms with Crippen molar-refractivity contribution >= 4 is 5.96 Å². The average Bonchev–Trinajstić information content (AvgIpc) is 2.78. The van der Waals surface area contributed by atoms with Crippen molar-refractivity contribution in [3.8, 4) is 0 Å². The van der Waals surface area contributed by atoms with E-state index in [0.717, 1.165) is 63.7 Å². The van der Waals surface area contributed by atoms with E-state index in [1.54, 1.807) is 13.2 Å². The molecule has 1 aromatic carbocycles. The van der Waals surface area contributed by atoms with Crippen molar-refractivity contribution in [1.29, 1.82) is 0 Å². The topological polar surface area (TPSA) is 61.8 Å². The monoisotopic (exact) mass is 395 g/mol. The van der Waals surface area contributed by atoms with Crippen LogP contribution in [0.15, 0.2) is 59.7 Å². The van der Waals surface area contributed by atoms with Crippen molar-refractivity contribution in [2.45, 2.75) is 38.5 Å². The van der Waals surface area contributed by atoms with Gasteiger partial charge in [0.05, 0.1) is 18.3 Å². The lowest BCUT2D eigenvalue weighted by Gasteiger charge is -2.32. The molecular weight excluding hydrogens is 362 g/mol. The van der Waals surface area contributed by atoms with Gasteiger partial charge in [-0.05, 0) is 37.0 Å². The Balaban J connectivity index is 1.23. The van der Waals surface area contributed by atoms with E-state index in [1.165, 1.54) is 5.56 Å². The van der Waals surface area contributed by atoms with Gasteiger partial charge in [-0.25, -0.2) is 0 Å². The summed E-state index contributed by atoms with van der Waals surface area (Å²) < 4.78 is 6.09. The number of hydrogen-bond donors (Lipinski definition) is 2. The number of nitrogens with zero attached hydrogens (tertiary/aromatic N) is 3. The maximum atomic E-state index is 6.09. The molecule has 0 amide bonds. The van der Waals surface area contributed by atoms with Gasteiger partial charge in [-0.1, -0.05) is 36.4 Å². The number of rotatable bonds is 9. The number of aromatic nitrogens is 1. The Morgan fingerprint density at radius 2 is 1.90 bits per heavy atom. The van der Waals surface area contributed by atoms with E-state index < -0.39 is 0 Å². The number of ether oxygens (including phenoxy) is 1. The summed E-state index contributed by atoms with van der Waals surface area (Å²) >= 11 is 0. The molecule has 1 fully saturated rings. The maximum Gasteiger partial charge on any atom is 0.191 e. The van der Waals surface area contributed by atoms with Gasteiger partial charge in [-0.3, -0.25) is 14.9 Å². The molecule has 0 aliphatic carbocycles. The molecule has 6 heteroatoms. The number of hydrogen-bond acceptors (Lipinski definition) is 4. The van der Waals surface area contributed by atoms with Crippen LogP contribution in [0, 0.1) is 0 Å². The van der Waals surface area contributed by atoms with E-state index >= 15 is 0 Å². The molecule has 1 aliphatic rings. The Bertz CT molecular complexity index is 715. The van der Waals surface area contributed by atoms with E-state index in [0.29, 0.717) is 12.6 Å². The standard InChI is InChI=1S/C23H33N5O/c1-24-23(27-18-21-10-5-6-13-25-21)26-14-7-17-29-22-11-15-28(16-12-22)19-20-8-3-2-4-9-20/h2-6,8-10,13,22H,7,11-12,14-19H2,1H3,(H2,24,26,27). The SMILES string of the molecule is CN=C(NCCCOC1CCN(Cc2ccccc2)CC1)NCc1ccccn1. The molecule has 156 valence electrons. The smallest absolute Gasteiger partial charge is 0.191 e. The predicted molar refractivity (Wildman–Crippen MR) is 118 cm³/mol. The fourth-order valence-electron chi connectivity index (χ4n) is 3.50. The highest BCUT2D eigenvalue weighted by molar-refractivity contribution is 5.79. The molecule has 6 nitrogen and oxygen atoms in total. The fraction of sp³-hybridized carbons (Fsp3) is 0.478. The zero-order chi connectivity index (χ0) is 20.2. The van der Waals surface area contributed by atoms with Gasteiger partial charge in [0.25, 0.3) is 0 Å². The molecule has 0 bridgehead atoms. The number of likely N-dealkylation sites (tertiary alicyclic amines) is 1. The first kappa shape index (κ1) is 21.3. The number of benzene rings is 1. The summed E-state index contributed by atoms with van der Waals surface area (Å²) in [5.74, 6) is 0.796. The number of guanidine groups is 1. The molecule has 1 saturated heterocycles. The summed E-state index contributed by atoms with van der Waals surface area (Å²) in [5, 5.41) is 6.62. The lowest BCUT2D eigenvalue weighted by Crippen LogP contribution is -2.38. The molecule has 2 aromatic rings. The first-order valence-corrected chi connectivity index (χ1v) is 10.6. The zero-order valence-corrected chi connectivity index (χ0v) is 17.4. The summed E-state index contributed by atoms with van der Waals surface area (Å²) in [5.41, 5.74) is 2.39. The largest absolute Gasteiger partial charge is 0.378 e. The van der Waals surface area contributed by atoms with Crippen molar-refractivity contribution in [3.63, 3.8) is 0 Å². The number of piperidine rings is 1. The fourth-order valence-corrected chi connectivity index (χ4v) is 3.50. The van der Waals surface area contributed by atoms with Crippen LogP contribution in [-0.2, 0) is 17.8 Å². The molecule has 29 heavy (non-hydrogen) atoms. The van der Waals surface area contributed by atoms with Crippen LogP contribution >= 0.6 is 0 Å². The van der Waals surface area contributed by atoms with Crippen molar-refractivity contribution in [2.24, 2.45) is 4.99 Å². The number of aliphatic imine (C=N–C) groups is 1. The van der Waals surface area contributed by atoms with Gasteiger partial charge in [0, 0.05) is 46.0 Å². The van der Waals surface area contributed by atoms with Gasteiger partial charge >= 0.3 is 0 Å². The molecule has 0 spiro atoms. The first-order valence-electron chi connectivity index (χ1n) is 10.6. The quantitative estimate of drug-likeness (QED) is 0.388. The molecule has 1 aliphatic heterocycles. The second-order valence-corrected chi connectivity index (χ2v) is 7.36. The molecule has 2 N–H and O–H groups in total. The molecule has 1 aromatic heterocycles. The highest BCUT2D eigenvalue weighted by atomic mass is 16.5. The molecule has 3 rings (SSSR count). The molecule has 2 heterocycles. The summed E-state index contributed by atoms with van der Waals surface area (Å²) in [6.07, 6.45) is 5.40. The Morgan fingerprint density at radius 3 is 2.62 bits per heavy atom. The van der Waals surface area contributed by atoms with Crippen molar-refractivity contribution < 1.29 is 4.74 Å². The Labute approximate surface area is 174 Å². The van der Waals surface area contributed by atoms with Gasteiger partial charge in [-0.15, -0.1) is 0 Å². The normalized spacial score (nSPS) is 16.0. The van der Waals surface area contributed by atoms with Gasteiger partial charge in [0.15, 0.2) is 5.96 Å². The van der Waals surface area contributed by atoms with E-state index in [2.05, 4.69) is 55.8 Å². The van der Waals surface area contributed by atoms with E-state index in [9.17, 15) is 0 Å². The maximum absolute atomic E-state index is 6.09. The summed E-state index contributed by atoms with van der Waals surface area (Å²) in [6.45, 7) is 5.56. The third-order valence-electron chi connectivity index (χ3n) is 5.14. The van der Waals surface area contributed by atoms with Crippen LogP contribution in [0.4, 0.5) is 0 Å². The van der Waals surface area contributed by atoms with Crippen LogP contribution in [0.2, 0.25) is 0 Å². The van der Waals surface area contributed by atoms with Crippen LogP contribution < -0.4 is 10.6 Å². The van der Waals surface area contributed by atoms with Gasteiger partial charge in [0.2, 0.25) is 0 Å². The van der Waals surface area contributed by atoms with Gasteiger partial charge < -0.3 is 15.4 Å². The van der Waals surface area contributed by atoms with Crippen molar-refractivity contribution in [1.82, 2.24) is 20.5 Å². The molecular formula is C23H33N5O. The molecule has 0 unspecified atom stereocenters. The van der Waals surface area contributed by atoms with Gasteiger partial charge in [-0.2, -0.15) is 0 Å².